The molecule has 5 heteroatoms. The molecule has 0 aliphatic heterocycles. The maximum Gasteiger partial charge on any atom is 0.315 e. The standard InChI is InChI=1S/C16H24N2O3/c1-2-3-4-8-11-17-16(21)18-14(15(19)20)12-13-9-6-5-7-10-13/h5-7,9-10,14H,2-4,8,11-12H2,1H3,(H,19,20)(H2,17,18,21)/p-1/t14-/m1/s1. The molecule has 0 heterocycles. The third-order valence-electron chi connectivity index (χ3n) is 3.19. The molecule has 0 spiro atoms. The minimum Gasteiger partial charge on any atom is -0.548 e. The van der Waals surface area contributed by atoms with Gasteiger partial charge in [-0.1, -0.05) is 56.5 Å². The number of nitrogens with one attached hydrogen (secondary N) is 2. The first kappa shape index (κ1) is 17.0. The molecule has 0 fully saturated rings. The Kier molecular flexibility index (Phi) is 7.94. The number of hydrogen-bond donors (Lipinski definition) is 2. The molecule has 0 bridgehead atoms. The van der Waals surface area contributed by atoms with E-state index in [-0.39, 0.29) is 6.42 Å². The van der Waals surface area contributed by atoms with E-state index in [1.807, 2.05) is 30.3 Å². The number of carbonyl (C=O) groups excluding carboxylic acids is 2. The highest BCUT2D eigenvalue weighted by atomic mass is 16.4. The van der Waals surface area contributed by atoms with Gasteiger partial charge in [0.25, 0.3) is 0 Å². The summed E-state index contributed by atoms with van der Waals surface area (Å²) in [6.07, 6.45) is 4.45. The number of aliphatic carboxylic acids is 1. The van der Waals surface area contributed by atoms with Crippen LogP contribution in [0.3, 0.4) is 0 Å². The van der Waals surface area contributed by atoms with Crippen molar-refractivity contribution < 1.29 is 14.7 Å². The number of carboxylic acids is 1. The SMILES string of the molecule is CCCCCCNC(=O)N[C@H](Cc1ccccc1)C(=O)[O-]. The summed E-state index contributed by atoms with van der Waals surface area (Å²) in [5.74, 6) is -1.28. The van der Waals surface area contributed by atoms with Gasteiger partial charge in [-0.2, -0.15) is 0 Å². The van der Waals surface area contributed by atoms with Crippen LogP contribution in [0, 0.1) is 0 Å². The molecule has 5 nitrogen and oxygen atoms in total. The molecule has 1 aromatic carbocycles. The van der Waals surface area contributed by atoms with Crippen LogP contribution < -0.4 is 15.7 Å². The summed E-state index contributed by atoms with van der Waals surface area (Å²) in [5, 5.41) is 16.2. The third-order valence-corrected chi connectivity index (χ3v) is 3.19. The fourth-order valence-electron chi connectivity index (χ4n) is 2.01. The number of carbonyl (C=O) groups is 2. The normalized spacial score (nSPS) is 11.7. The van der Waals surface area contributed by atoms with Crippen LogP contribution in [-0.2, 0) is 11.2 Å². The van der Waals surface area contributed by atoms with Gasteiger partial charge in [0, 0.05) is 6.54 Å². The first-order valence-corrected chi connectivity index (χ1v) is 7.42. The van der Waals surface area contributed by atoms with E-state index in [2.05, 4.69) is 17.6 Å². The van der Waals surface area contributed by atoms with Crippen molar-refractivity contribution >= 4 is 12.0 Å². The predicted octanol–water partition coefficient (Wildman–Crippen LogP) is 1.23. The Morgan fingerprint density at radius 1 is 1.14 bits per heavy atom. The van der Waals surface area contributed by atoms with Crippen molar-refractivity contribution in [1.82, 2.24) is 10.6 Å². The monoisotopic (exact) mass is 291 g/mol. The Labute approximate surface area is 125 Å². The second-order valence-corrected chi connectivity index (χ2v) is 5.02. The molecule has 0 radical (unpaired) electrons. The molecule has 1 rings (SSSR count). The second kappa shape index (κ2) is 9.80. The summed E-state index contributed by atoms with van der Waals surface area (Å²) >= 11 is 0. The average molecular weight is 291 g/mol. The lowest BCUT2D eigenvalue weighted by molar-refractivity contribution is -0.308. The van der Waals surface area contributed by atoms with Gasteiger partial charge in [0.1, 0.15) is 0 Å². The Morgan fingerprint density at radius 2 is 1.86 bits per heavy atom. The van der Waals surface area contributed by atoms with E-state index < -0.39 is 18.0 Å². The zero-order valence-electron chi connectivity index (χ0n) is 12.4. The van der Waals surface area contributed by atoms with Gasteiger partial charge in [0.15, 0.2) is 0 Å². The van der Waals surface area contributed by atoms with Crippen molar-refractivity contribution in [3.63, 3.8) is 0 Å². The minimum absolute atomic E-state index is 0.215. The summed E-state index contributed by atoms with van der Waals surface area (Å²) < 4.78 is 0. The van der Waals surface area contributed by atoms with Gasteiger partial charge in [-0.05, 0) is 18.4 Å². The number of unbranched alkanes of at least 4 members (excludes halogenated alkanes) is 3. The molecule has 0 saturated heterocycles. The van der Waals surface area contributed by atoms with Crippen LogP contribution in [0.15, 0.2) is 30.3 Å². The predicted molar refractivity (Wildman–Crippen MR) is 79.6 cm³/mol. The molecular weight excluding hydrogens is 268 g/mol. The van der Waals surface area contributed by atoms with Crippen LogP contribution in [0.4, 0.5) is 4.79 Å². The number of urea groups is 1. The van der Waals surface area contributed by atoms with Gasteiger partial charge in [-0.25, -0.2) is 4.79 Å². The molecule has 0 unspecified atom stereocenters. The quantitative estimate of drug-likeness (QED) is 0.671. The molecule has 0 aliphatic rings. The van der Waals surface area contributed by atoms with Gasteiger partial charge >= 0.3 is 6.03 Å². The zero-order chi connectivity index (χ0) is 15.5. The molecule has 2 amide bonds. The van der Waals surface area contributed by atoms with Crippen molar-refractivity contribution in [3.8, 4) is 0 Å². The highest BCUT2D eigenvalue weighted by molar-refractivity contribution is 5.81. The van der Waals surface area contributed by atoms with E-state index in [9.17, 15) is 14.7 Å². The van der Waals surface area contributed by atoms with E-state index in [0.717, 1.165) is 31.2 Å². The van der Waals surface area contributed by atoms with Crippen LogP contribution in [0.1, 0.15) is 38.2 Å². The highest BCUT2D eigenvalue weighted by Crippen LogP contribution is 2.03. The summed E-state index contributed by atoms with van der Waals surface area (Å²) in [6.45, 7) is 2.67. The van der Waals surface area contributed by atoms with Gasteiger partial charge in [0.2, 0.25) is 0 Å². The molecule has 21 heavy (non-hydrogen) atoms. The van der Waals surface area contributed by atoms with Crippen molar-refractivity contribution in [2.45, 2.75) is 45.1 Å². The number of carboxylic acid groups (broad SMARTS) is 1. The van der Waals surface area contributed by atoms with Crippen molar-refractivity contribution in [3.05, 3.63) is 35.9 Å². The second-order valence-electron chi connectivity index (χ2n) is 5.02. The number of hydrogen-bond acceptors (Lipinski definition) is 3. The van der Waals surface area contributed by atoms with E-state index in [4.69, 9.17) is 0 Å². The summed E-state index contributed by atoms with van der Waals surface area (Å²) in [6, 6.07) is 7.67. The maximum atomic E-state index is 11.7. The van der Waals surface area contributed by atoms with Crippen LogP contribution in [0.25, 0.3) is 0 Å². The zero-order valence-corrected chi connectivity index (χ0v) is 12.4. The first-order valence-electron chi connectivity index (χ1n) is 7.42. The van der Waals surface area contributed by atoms with Gasteiger partial charge in [0.05, 0.1) is 12.0 Å². The molecular formula is C16H23N2O3-. The molecule has 0 saturated carbocycles. The van der Waals surface area contributed by atoms with Crippen molar-refractivity contribution in [2.75, 3.05) is 6.54 Å². The maximum absolute atomic E-state index is 11.7. The fraction of sp³-hybridized carbons (Fsp3) is 0.500. The molecule has 1 atom stereocenters. The van der Waals surface area contributed by atoms with Gasteiger partial charge in [-0.15, -0.1) is 0 Å². The Morgan fingerprint density at radius 3 is 2.48 bits per heavy atom. The lowest BCUT2D eigenvalue weighted by atomic mass is 10.1. The third kappa shape index (κ3) is 7.34. The van der Waals surface area contributed by atoms with Crippen molar-refractivity contribution in [1.29, 1.82) is 0 Å². The summed E-state index contributed by atoms with van der Waals surface area (Å²) in [7, 11) is 0. The van der Waals surface area contributed by atoms with Crippen LogP contribution in [0.5, 0.6) is 0 Å². The lowest BCUT2D eigenvalue weighted by Gasteiger charge is -2.20. The number of rotatable bonds is 9. The van der Waals surface area contributed by atoms with Crippen LogP contribution in [0.2, 0.25) is 0 Å². The fourth-order valence-corrected chi connectivity index (χ4v) is 2.01. The molecule has 0 aromatic heterocycles. The first-order chi connectivity index (χ1) is 10.1. The van der Waals surface area contributed by atoms with Crippen molar-refractivity contribution in [2.24, 2.45) is 0 Å². The smallest absolute Gasteiger partial charge is 0.315 e. The van der Waals surface area contributed by atoms with E-state index in [1.165, 1.54) is 0 Å². The lowest BCUT2D eigenvalue weighted by Crippen LogP contribution is -2.52. The minimum atomic E-state index is -1.28. The van der Waals surface area contributed by atoms with Crippen LogP contribution in [-0.4, -0.2) is 24.6 Å². The Balaban J connectivity index is 2.36. The summed E-state index contributed by atoms with van der Waals surface area (Å²) in [5.41, 5.74) is 0.843. The number of amides is 2. The topological polar surface area (TPSA) is 81.3 Å². The number of benzene rings is 1. The molecule has 116 valence electrons. The van der Waals surface area contributed by atoms with E-state index in [1.54, 1.807) is 0 Å². The van der Waals surface area contributed by atoms with Crippen LogP contribution >= 0.6 is 0 Å². The Hall–Kier alpha value is -2.04. The molecule has 1 aromatic rings. The summed E-state index contributed by atoms with van der Waals surface area (Å²) in [4.78, 5) is 22.8. The van der Waals surface area contributed by atoms with Gasteiger partial charge in [-0.3, -0.25) is 0 Å². The average Bonchev–Trinajstić information content (AvgIpc) is 2.47. The molecule has 2 N–H and O–H groups in total. The van der Waals surface area contributed by atoms with E-state index in [0.29, 0.717) is 6.54 Å². The molecule has 0 aliphatic carbocycles. The largest absolute Gasteiger partial charge is 0.548 e. The highest BCUT2D eigenvalue weighted by Gasteiger charge is 2.13. The van der Waals surface area contributed by atoms with Gasteiger partial charge < -0.3 is 20.5 Å². The van der Waals surface area contributed by atoms with E-state index >= 15 is 0 Å². The Bertz CT molecular complexity index is 434.